The molecule has 0 radical (unpaired) electrons. The first-order valence-electron chi connectivity index (χ1n) is 7.79. The first-order chi connectivity index (χ1) is 11.4. The molecule has 0 aliphatic heterocycles. The molecule has 1 aromatic carbocycles. The number of hydrogen-bond acceptors (Lipinski definition) is 5. The standard InChI is InChI=1S/C16H20FN3O3S/c1-24(21,22)19-10-15-14-8-13(5-6-16(14)23-20-15)18-9-11-3-2-4-12(17)7-11/h2-4,7,13,18-19H,5-6,8-10H2,1H3. The first-order valence-corrected chi connectivity index (χ1v) is 9.68. The summed E-state index contributed by atoms with van der Waals surface area (Å²) in [4.78, 5) is 0. The predicted molar refractivity (Wildman–Crippen MR) is 87.2 cm³/mol. The molecule has 0 saturated heterocycles. The number of aryl methyl sites for hydroxylation is 1. The maximum atomic E-state index is 13.2. The fraction of sp³-hybridized carbons (Fsp3) is 0.438. The maximum absolute atomic E-state index is 13.2. The number of fused-ring (bicyclic) bond motifs is 1. The highest BCUT2D eigenvalue weighted by Gasteiger charge is 2.25. The van der Waals surface area contributed by atoms with Crippen molar-refractivity contribution in [3.63, 3.8) is 0 Å². The van der Waals surface area contributed by atoms with Crippen LogP contribution in [0.5, 0.6) is 0 Å². The van der Waals surface area contributed by atoms with Gasteiger partial charge in [0.15, 0.2) is 0 Å². The van der Waals surface area contributed by atoms with Crippen molar-refractivity contribution >= 4 is 10.0 Å². The summed E-state index contributed by atoms with van der Waals surface area (Å²) in [5.74, 6) is 0.581. The lowest BCUT2D eigenvalue weighted by molar-refractivity contribution is 0.351. The van der Waals surface area contributed by atoms with Crippen LogP contribution in [0.1, 0.15) is 29.0 Å². The largest absolute Gasteiger partial charge is 0.361 e. The summed E-state index contributed by atoms with van der Waals surface area (Å²) in [5.41, 5.74) is 2.49. The Labute approximate surface area is 140 Å². The van der Waals surface area contributed by atoms with Gasteiger partial charge in [0.25, 0.3) is 0 Å². The summed E-state index contributed by atoms with van der Waals surface area (Å²) in [5, 5.41) is 7.41. The molecule has 1 aliphatic rings. The van der Waals surface area contributed by atoms with Gasteiger partial charge in [0.05, 0.1) is 12.8 Å². The Bertz CT molecular complexity index is 820. The molecule has 0 saturated carbocycles. The van der Waals surface area contributed by atoms with E-state index in [1.54, 1.807) is 6.07 Å². The molecule has 3 rings (SSSR count). The van der Waals surface area contributed by atoms with Crippen LogP contribution in [0, 0.1) is 5.82 Å². The van der Waals surface area contributed by atoms with E-state index in [0.717, 1.165) is 42.4 Å². The maximum Gasteiger partial charge on any atom is 0.209 e. The molecule has 2 N–H and O–H groups in total. The average molecular weight is 353 g/mol. The zero-order valence-corrected chi connectivity index (χ0v) is 14.2. The minimum absolute atomic E-state index is 0.133. The zero-order valence-electron chi connectivity index (χ0n) is 13.4. The van der Waals surface area contributed by atoms with E-state index in [1.165, 1.54) is 12.1 Å². The lowest BCUT2D eigenvalue weighted by Gasteiger charge is -2.22. The number of aromatic nitrogens is 1. The molecule has 2 aromatic rings. The molecule has 24 heavy (non-hydrogen) atoms. The van der Waals surface area contributed by atoms with Gasteiger partial charge in [-0.25, -0.2) is 17.5 Å². The van der Waals surface area contributed by atoms with Crippen LogP contribution in [0.2, 0.25) is 0 Å². The highest BCUT2D eigenvalue weighted by Crippen LogP contribution is 2.25. The van der Waals surface area contributed by atoms with Gasteiger partial charge in [-0.2, -0.15) is 0 Å². The normalized spacial score (nSPS) is 17.7. The van der Waals surface area contributed by atoms with E-state index in [1.807, 2.05) is 6.07 Å². The van der Waals surface area contributed by atoms with E-state index >= 15 is 0 Å². The van der Waals surface area contributed by atoms with E-state index in [0.29, 0.717) is 12.2 Å². The highest BCUT2D eigenvalue weighted by atomic mass is 32.2. The molecule has 1 aromatic heterocycles. The Kier molecular flexibility index (Phi) is 4.98. The molecule has 0 amide bonds. The van der Waals surface area contributed by atoms with Gasteiger partial charge in [-0.05, 0) is 30.5 Å². The van der Waals surface area contributed by atoms with E-state index in [-0.39, 0.29) is 18.4 Å². The Morgan fingerprint density at radius 3 is 2.96 bits per heavy atom. The molecule has 1 aliphatic carbocycles. The quantitative estimate of drug-likeness (QED) is 0.822. The van der Waals surface area contributed by atoms with E-state index in [9.17, 15) is 12.8 Å². The van der Waals surface area contributed by atoms with Crippen molar-refractivity contribution in [1.82, 2.24) is 15.2 Å². The van der Waals surface area contributed by atoms with Crippen LogP contribution in [-0.4, -0.2) is 25.9 Å². The minimum atomic E-state index is -3.27. The zero-order chi connectivity index (χ0) is 17.2. The third-order valence-corrected chi connectivity index (χ3v) is 4.78. The molecule has 8 heteroatoms. The molecule has 1 heterocycles. The second-order valence-electron chi connectivity index (χ2n) is 6.07. The SMILES string of the molecule is CS(=O)(=O)NCc1noc2c1CC(NCc1cccc(F)c1)CC2. The second-order valence-corrected chi connectivity index (χ2v) is 7.91. The fourth-order valence-corrected chi connectivity index (χ4v) is 3.28. The number of rotatable bonds is 6. The molecule has 0 spiro atoms. The van der Waals surface area contributed by atoms with Gasteiger partial charge in [-0.15, -0.1) is 0 Å². The number of nitrogens with one attached hydrogen (secondary N) is 2. The number of sulfonamides is 1. The Morgan fingerprint density at radius 2 is 2.21 bits per heavy atom. The topological polar surface area (TPSA) is 84.2 Å². The van der Waals surface area contributed by atoms with Crippen molar-refractivity contribution in [2.24, 2.45) is 0 Å². The summed E-state index contributed by atoms with van der Waals surface area (Å²) in [6, 6.07) is 6.74. The van der Waals surface area contributed by atoms with Crippen molar-refractivity contribution in [2.45, 2.75) is 38.4 Å². The molecule has 6 nitrogen and oxygen atoms in total. The number of nitrogens with zero attached hydrogens (tertiary/aromatic N) is 1. The van der Waals surface area contributed by atoms with Gasteiger partial charge in [0, 0.05) is 24.6 Å². The molecule has 1 unspecified atom stereocenters. The van der Waals surface area contributed by atoms with Crippen molar-refractivity contribution in [3.8, 4) is 0 Å². The summed E-state index contributed by atoms with van der Waals surface area (Å²) in [6.07, 6.45) is 3.48. The molecule has 0 bridgehead atoms. The van der Waals surface area contributed by atoms with Crippen molar-refractivity contribution in [1.29, 1.82) is 0 Å². The second kappa shape index (κ2) is 7.00. The number of halogens is 1. The third-order valence-electron chi connectivity index (χ3n) is 4.11. The van der Waals surface area contributed by atoms with Crippen LogP contribution in [0.3, 0.4) is 0 Å². The van der Waals surface area contributed by atoms with Crippen LogP contribution in [0.4, 0.5) is 4.39 Å². The van der Waals surface area contributed by atoms with Crippen LogP contribution >= 0.6 is 0 Å². The fourth-order valence-electron chi connectivity index (χ4n) is 2.89. The summed E-state index contributed by atoms with van der Waals surface area (Å²) >= 11 is 0. The molecular formula is C16H20FN3O3S. The molecule has 0 fully saturated rings. The number of hydrogen-bond donors (Lipinski definition) is 2. The van der Waals surface area contributed by atoms with Gasteiger partial charge >= 0.3 is 0 Å². The van der Waals surface area contributed by atoms with E-state index in [4.69, 9.17) is 4.52 Å². The summed E-state index contributed by atoms with van der Waals surface area (Å²) < 4.78 is 43.4. The van der Waals surface area contributed by atoms with Gasteiger partial charge in [-0.1, -0.05) is 17.3 Å². The lowest BCUT2D eigenvalue weighted by atomic mass is 9.92. The average Bonchev–Trinajstić information content (AvgIpc) is 2.93. The molecule has 1 atom stereocenters. The smallest absolute Gasteiger partial charge is 0.209 e. The van der Waals surface area contributed by atoms with Gasteiger partial charge in [0.2, 0.25) is 10.0 Å². The van der Waals surface area contributed by atoms with E-state index in [2.05, 4.69) is 15.2 Å². The lowest BCUT2D eigenvalue weighted by Crippen LogP contribution is -2.34. The minimum Gasteiger partial charge on any atom is -0.361 e. The van der Waals surface area contributed by atoms with Crippen LogP contribution in [0.25, 0.3) is 0 Å². The third kappa shape index (κ3) is 4.40. The van der Waals surface area contributed by atoms with Crippen molar-refractivity contribution in [2.75, 3.05) is 6.26 Å². The predicted octanol–water partition coefficient (Wildman–Crippen LogP) is 1.51. The van der Waals surface area contributed by atoms with Crippen LogP contribution in [0.15, 0.2) is 28.8 Å². The monoisotopic (exact) mass is 353 g/mol. The first kappa shape index (κ1) is 17.1. The van der Waals surface area contributed by atoms with Crippen molar-refractivity contribution in [3.05, 3.63) is 52.7 Å². The van der Waals surface area contributed by atoms with Gasteiger partial charge < -0.3 is 9.84 Å². The van der Waals surface area contributed by atoms with Crippen LogP contribution < -0.4 is 10.0 Å². The van der Waals surface area contributed by atoms with Crippen LogP contribution in [-0.2, 0) is 36.0 Å². The molecular weight excluding hydrogens is 333 g/mol. The number of benzene rings is 1. The Morgan fingerprint density at radius 1 is 1.38 bits per heavy atom. The molecule has 130 valence electrons. The highest BCUT2D eigenvalue weighted by molar-refractivity contribution is 7.88. The van der Waals surface area contributed by atoms with E-state index < -0.39 is 10.0 Å². The van der Waals surface area contributed by atoms with Gasteiger partial charge in [0.1, 0.15) is 17.3 Å². The Hall–Kier alpha value is -1.77. The summed E-state index contributed by atoms with van der Waals surface area (Å²) in [6.45, 7) is 0.717. The summed E-state index contributed by atoms with van der Waals surface area (Å²) in [7, 11) is -3.27. The Balaban J connectivity index is 1.62. The van der Waals surface area contributed by atoms with Crippen molar-refractivity contribution < 1.29 is 17.3 Å². The van der Waals surface area contributed by atoms with Gasteiger partial charge in [-0.3, -0.25) is 0 Å².